The molecule has 1 aromatic heterocycles. The average molecular weight is 402 g/mol. The highest BCUT2D eigenvalue weighted by molar-refractivity contribution is 6.31. The molecule has 4 rings (SSSR count). The third-order valence-electron chi connectivity index (χ3n) is 5.40. The molecule has 2 aromatic rings. The van der Waals surface area contributed by atoms with Crippen LogP contribution in [0.25, 0.3) is 11.4 Å². The van der Waals surface area contributed by atoms with E-state index in [0.29, 0.717) is 43.0 Å². The van der Waals surface area contributed by atoms with Crippen molar-refractivity contribution in [3.63, 3.8) is 0 Å². The molecule has 2 aliphatic rings. The lowest BCUT2D eigenvalue weighted by Gasteiger charge is -2.23. The number of aromatic nitrogens is 2. The largest absolute Gasteiger partial charge is 0.448 e. The van der Waals surface area contributed by atoms with Crippen LogP contribution in [-0.2, 0) is 11.3 Å². The van der Waals surface area contributed by atoms with Gasteiger partial charge in [-0.25, -0.2) is 14.8 Å². The molecule has 0 saturated carbocycles. The molecule has 2 aliphatic heterocycles. The second-order valence-corrected chi connectivity index (χ2v) is 7.79. The Balaban J connectivity index is 1.69. The summed E-state index contributed by atoms with van der Waals surface area (Å²) in [5.41, 5.74) is 8.67. The van der Waals surface area contributed by atoms with Gasteiger partial charge in [0.2, 0.25) is 0 Å². The molecule has 1 amide bonds. The maximum Gasteiger partial charge on any atom is 0.410 e. The van der Waals surface area contributed by atoms with Gasteiger partial charge in [0.1, 0.15) is 12.4 Å². The summed E-state index contributed by atoms with van der Waals surface area (Å²) in [7, 11) is 0. The van der Waals surface area contributed by atoms with E-state index in [2.05, 4.69) is 9.88 Å². The highest BCUT2D eigenvalue weighted by Crippen LogP contribution is 2.30. The molecule has 28 heavy (non-hydrogen) atoms. The second kappa shape index (κ2) is 7.93. The number of anilines is 1. The van der Waals surface area contributed by atoms with Crippen LogP contribution in [-0.4, -0.2) is 53.7 Å². The van der Waals surface area contributed by atoms with Gasteiger partial charge in [-0.15, -0.1) is 0 Å². The highest BCUT2D eigenvalue weighted by atomic mass is 35.5. The maximum absolute atomic E-state index is 11.9. The summed E-state index contributed by atoms with van der Waals surface area (Å²) in [6.45, 7) is 5.83. The third kappa shape index (κ3) is 3.77. The van der Waals surface area contributed by atoms with Crippen molar-refractivity contribution in [1.29, 1.82) is 0 Å². The SMILES string of the molecule is Cc1ccc(-c2ncc(CN3CCOC3=O)c(N3CCC(CN)C3)n2)cc1Cl. The summed E-state index contributed by atoms with van der Waals surface area (Å²) in [6.07, 6.45) is 2.56. The number of hydrogen-bond donors (Lipinski definition) is 1. The lowest BCUT2D eigenvalue weighted by molar-refractivity contribution is 0.157. The van der Waals surface area contributed by atoms with E-state index in [0.717, 1.165) is 42.0 Å². The second-order valence-electron chi connectivity index (χ2n) is 7.38. The molecule has 1 atom stereocenters. The van der Waals surface area contributed by atoms with E-state index in [1.807, 2.05) is 31.3 Å². The van der Waals surface area contributed by atoms with Crippen LogP contribution in [0.3, 0.4) is 0 Å². The molecular formula is C20H24ClN5O2. The number of rotatable bonds is 5. The Morgan fingerprint density at radius 2 is 2.21 bits per heavy atom. The predicted molar refractivity (Wildman–Crippen MR) is 108 cm³/mol. The van der Waals surface area contributed by atoms with E-state index < -0.39 is 0 Å². The Morgan fingerprint density at radius 1 is 1.36 bits per heavy atom. The number of benzene rings is 1. The molecule has 148 valence electrons. The zero-order valence-electron chi connectivity index (χ0n) is 15.9. The van der Waals surface area contributed by atoms with Gasteiger partial charge in [0, 0.05) is 35.4 Å². The van der Waals surface area contributed by atoms with Crippen molar-refractivity contribution in [3.05, 3.63) is 40.5 Å². The number of nitrogens with zero attached hydrogens (tertiary/aromatic N) is 4. The number of carbonyl (C=O) groups excluding carboxylic acids is 1. The number of cyclic esters (lactones) is 1. The monoisotopic (exact) mass is 401 g/mol. The van der Waals surface area contributed by atoms with Crippen LogP contribution >= 0.6 is 11.6 Å². The van der Waals surface area contributed by atoms with Gasteiger partial charge in [0.15, 0.2) is 5.82 Å². The zero-order chi connectivity index (χ0) is 19.7. The summed E-state index contributed by atoms with van der Waals surface area (Å²) in [5, 5.41) is 0.691. The molecule has 1 aromatic carbocycles. The van der Waals surface area contributed by atoms with Crippen molar-refractivity contribution < 1.29 is 9.53 Å². The first-order valence-electron chi connectivity index (χ1n) is 9.54. The van der Waals surface area contributed by atoms with E-state index >= 15 is 0 Å². The van der Waals surface area contributed by atoms with Gasteiger partial charge in [0.25, 0.3) is 0 Å². The van der Waals surface area contributed by atoms with E-state index in [1.54, 1.807) is 4.90 Å². The molecule has 1 unspecified atom stereocenters. The van der Waals surface area contributed by atoms with Gasteiger partial charge in [-0.1, -0.05) is 23.7 Å². The van der Waals surface area contributed by atoms with Crippen LogP contribution in [0, 0.1) is 12.8 Å². The van der Waals surface area contributed by atoms with E-state index in [-0.39, 0.29) is 6.09 Å². The van der Waals surface area contributed by atoms with Crippen molar-refractivity contribution in [2.45, 2.75) is 19.9 Å². The Labute approximate surface area is 169 Å². The van der Waals surface area contributed by atoms with Crippen LogP contribution < -0.4 is 10.6 Å². The maximum atomic E-state index is 11.9. The fraction of sp³-hybridized carbons (Fsp3) is 0.450. The highest BCUT2D eigenvalue weighted by Gasteiger charge is 2.28. The number of hydrogen-bond acceptors (Lipinski definition) is 6. The number of ether oxygens (including phenoxy) is 1. The molecule has 8 heteroatoms. The number of amides is 1. The fourth-order valence-electron chi connectivity index (χ4n) is 3.65. The van der Waals surface area contributed by atoms with Crippen molar-refractivity contribution in [2.75, 3.05) is 37.7 Å². The average Bonchev–Trinajstić information content (AvgIpc) is 3.34. The first-order valence-corrected chi connectivity index (χ1v) is 9.92. The smallest absolute Gasteiger partial charge is 0.410 e. The molecule has 0 bridgehead atoms. The lowest BCUT2D eigenvalue weighted by Crippen LogP contribution is -2.28. The first kappa shape index (κ1) is 19.0. The minimum Gasteiger partial charge on any atom is -0.448 e. The summed E-state index contributed by atoms with van der Waals surface area (Å²) in [5.74, 6) is 1.94. The molecule has 7 nitrogen and oxygen atoms in total. The van der Waals surface area contributed by atoms with Gasteiger partial charge in [-0.3, -0.25) is 0 Å². The topological polar surface area (TPSA) is 84.6 Å². The normalized spacial score (nSPS) is 19.4. The van der Waals surface area contributed by atoms with Crippen LogP contribution in [0.5, 0.6) is 0 Å². The number of aryl methyl sites for hydroxylation is 1. The minimum absolute atomic E-state index is 0.290. The molecule has 0 aliphatic carbocycles. The summed E-state index contributed by atoms with van der Waals surface area (Å²) >= 11 is 6.29. The Kier molecular flexibility index (Phi) is 5.37. The number of carbonyl (C=O) groups is 1. The summed E-state index contributed by atoms with van der Waals surface area (Å²) < 4.78 is 5.06. The third-order valence-corrected chi connectivity index (χ3v) is 5.80. The van der Waals surface area contributed by atoms with Crippen molar-refractivity contribution in [1.82, 2.24) is 14.9 Å². The minimum atomic E-state index is -0.290. The van der Waals surface area contributed by atoms with E-state index in [4.69, 9.17) is 27.1 Å². The predicted octanol–water partition coefficient (Wildman–Crippen LogP) is 2.84. The molecule has 2 fully saturated rings. The van der Waals surface area contributed by atoms with Crippen LogP contribution in [0.15, 0.2) is 24.4 Å². The molecule has 2 saturated heterocycles. The van der Waals surface area contributed by atoms with Gasteiger partial charge in [0.05, 0.1) is 13.1 Å². The summed E-state index contributed by atoms with van der Waals surface area (Å²) in [6, 6.07) is 5.83. The lowest BCUT2D eigenvalue weighted by atomic mass is 10.1. The Morgan fingerprint density at radius 3 is 2.89 bits per heavy atom. The van der Waals surface area contributed by atoms with Crippen LogP contribution in [0.4, 0.5) is 10.6 Å². The van der Waals surface area contributed by atoms with Crippen molar-refractivity contribution in [3.8, 4) is 11.4 Å². The van der Waals surface area contributed by atoms with Gasteiger partial charge >= 0.3 is 6.09 Å². The molecule has 3 heterocycles. The first-order chi connectivity index (χ1) is 13.5. The van der Waals surface area contributed by atoms with E-state index in [1.165, 1.54) is 0 Å². The number of halogens is 1. The van der Waals surface area contributed by atoms with Crippen molar-refractivity contribution in [2.24, 2.45) is 11.7 Å². The van der Waals surface area contributed by atoms with Crippen molar-refractivity contribution >= 4 is 23.5 Å². The zero-order valence-corrected chi connectivity index (χ0v) is 16.7. The molecular weight excluding hydrogens is 378 g/mol. The molecule has 2 N–H and O–H groups in total. The molecule has 0 spiro atoms. The van der Waals surface area contributed by atoms with E-state index in [9.17, 15) is 4.79 Å². The Bertz CT molecular complexity index is 891. The van der Waals surface area contributed by atoms with Gasteiger partial charge in [-0.2, -0.15) is 0 Å². The summed E-state index contributed by atoms with van der Waals surface area (Å²) in [4.78, 5) is 25.2. The Hall–Kier alpha value is -2.38. The quantitative estimate of drug-likeness (QED) is 0.829. The van der Waals surface area contributed by atoms with Crippen LogP contribution in [0.1, 0.15) is 17.5 Å². The standard InChI is InChI=1S/C20H24ClN5O2/c1-13-2-3-15(8-17(13)21)18-23-10-16(12-26-6-7-28-20(26)27)19(24-18)25-5-4-14(9-22)11-25/h2-3,8,10,14H,4-7,9,11-12,22H2,1H3. The fourth-order valence-corrected chi connectivity index (χ4v) is 3.83. The van der Waals surface area contributed by atoms with Crippen LogP contribution in [0.2, 0.25) is 5.02 Å². The molecule has 0 radical (unpaired) electrons. The van der Waals surface area contributed by atoms with Gasteiger partial charge in [-0.05, 0) is 37.4 Å². The van der Waals surface area contributed by atoms with Gasteiger partial charge < -0.3 is 20.3 Å². The number of nitrogens with two attached hydrogens (primary N) is 1.